The van der Waals surface area contributed by atoms with E-state index in [1.807, 2.05) is 13.8 Å². The zero-order valence-corrected chi connectivity index (χ0v) is 7.89. The normalized spacial score (nSPS) is 14.8. The van der Waals surface area contributed by atoms with Crippen LogP contribution in [0.15, 0.2) is 6.07 Å². The number of alkyl halides is 3. The fourth-order valence-electron chi connectivity index (χ4n) is 1.01. The van der Waals surface area contributed by atoms with Crippen LogP contribution in [-0.4, -0.2) is 10.2 Å². The average Bonchev–Trinajstić information content (AvgIpc) is 2.49. The number of hydrogen-bond donors (Lipinski definition) is 2. The first kappa shape index (κ1) is 11.0. The first-order valence-corrected chi connectivity index (χ1v) is 4.20. The number of rotatable bonds is 2. The lowest BCUT2D eigenvalue weighted by Crippen LogP contribution is -2.17. The fourth-order valence-corrected chi connectivity index (χ4v) is 1.01. The first-order chi connectivity index (χ1) is 6.32. The topological polar surface area (TPSA) is 54.7 Å². The largest absolute Gasteiger partial charge is 0.435 e. The summed E-state index contributed by atoms with van der Waals surface area (Å²) in [6, 6.07) is 0.503. The average molecular weight is 207 g/mol. The second-order valence-electron chi connectivity index (χ2n) is 3.48. The number of nitrogens with zero attached hydrogens (tertiary/aromatic N) is 1. The molecule has 6 heteroatoms. The third kappa shape index (κ3) is 2.25. The van der Waals surface area contributed by atoms with Crippen molar-refractivity contribution >= 4 is 0 Å². The van der Waals surface area contributed by atoms with Gasteiger partial charge in [-0.05, 0) is 12.0 Å². The first-order valence-electron chi connectivity index (χ1n) is 4.20. The van der Waals surface area contributed by atoms with Gasteiger partial charge >= 0.3 is 6.18 Å². The predicted molar refractivity (Wildman–Crippen MR) is 45.4 cm³/mol. The number of nitrogens with one attached hydrogen (secondary N) is 1. The van der Waals surface area contributed by atoms with Crippen molar-refractivity contribution in [2.24, 2.45) is 11.7 Å². The highest BCUT2D eigenvalue weighted by Crippen LogP contribution is 2.29. The van der Waals surface area contributed by atoms with Gasteiger partial charge < -0.3 is 5.73 Å². The molecule has 0 bridgehead atoms. The molecule has 1 rings (SSSR count). The van der Waals surface area contributed by atoms with E-state index in [2.05, 4.69) is 10.2 Å². The molecule has 3 N–H and O–H groups in total. The van der Waals surface area contributed by atoms with Crippen LogP contribution in [0.1, 0.15) is 31.3 Å². The summed E-state index contributed by atoms with van der Waals surface area (Å²) in [5.74, 6) is 0.0662. The molecule has 0 aliphatic rings. The Kier molecular flexibility index (Phi) is 2.84. The summed E-state index contributed by atoms with van der Waals surface area (Å²) in [5.41, 5.74) is 5.04. The summed E-state index contributed by atoms with van der Waals surface area (Å²) in [4.78, 5) is 0. The van der Waals surface area contributed by atoms with E-state index in [9.17, 15) is 13.2 Å². The smallest absolute Gasteiger partial charge is 0.322 e. The van der Waals surface area contributed by atoms with Crippen molar-refractivity contribution in [3.05, 3.63) is 17.5 Å². The van der Waals surface area contributed by atoms with Crippen LogP contribution < -0.4 is 5.73 Å². The molecule has 14 heavy (non-hydrogen) atoms. The van der Waals surface area contributed by atoms with Crippen LogP contribution in [-0.2, 0) is 6.18 Å². The number of halogens is 3. The molecule has 1 atom stereocenters. The van der Waals surface area contributed by atoms with Crippen molar-refractivity contribution in [3.63, 3.8) is 0 Å². The molecule has 1 unspecified atom stereocenters. The minimum Gasteiger partial charge on any atom is -0.322 e. The minimum atomic E-state index is -4.41. The van der Waals surface area contributed by atoms with Gasteiger partial charge in [-0.2, -0.15) is 18.3 Å². The minimum absolute atomic E-state index is 0.0662. The van der Waals surface area contributed by atoms with E-state index < -0.39 is 17.9 Å². The molecule has 1 aromatic rings. The molecule has 0 aromatic carbocycles. The van der Waals surface area contributed by atoms with Crippen LogP contribution in [0.3, 0.4) is 0 Å². The van der Waals surface area contributed by atoms with E-state index in [4.69, 9.17) is 5.73 Å². The SMILES string of the molecule is CC(C)C(N)c1cc(C(F)(F)F)n[nH]1. The third-order valence-electron chi connectivity index (χ3n) is 1.97. The van der Waals surface area contributed by atoms with E-state index in [0.717, 1.165) is 6.07 Å². The molecular formula is C8H12F3N3. The molecule has 0 radical (unpaired) electrons. The number of aromatic nitrogens is 2. The quantitative estimate of drug-likeness (QED) is 0.780. The zero-order valence-electron chi connectivity index (χ0n) is 7.89. The Morgan fingerprint density at radius 2 is 2.00 bits per heavy atom. The summed E-state index contributed by atoms with van der Waals surface area (Å²) in [6.07, 6.45) is -4.41. The molecule has 0 aliphatic carbocycles. The van der Waals surface area contributed by atoms with Gasteiger partial charge in [-0.25, -0.2) is 0 Å². The number of H-pyrrole nitrogens is 1. The third-order valence-corrected chi connectivity index (χ3v) is 1.97. The predicted octanol–water partition coefficient (Wildman–Crippen LogP) is 2.08. The van der Waals surface area contributed by atoms with Gasteiger partial charge in [0.2, 0.25) is 0 Å². The van der Waals surface area contributed by atoms with Gasteiger partial charge in [0, 0.05) is 6.04 Å². The summed E-state index contributed by atoms with van der Waals surface area (Å²) < 4.78 is 36.4. The number of hydrogen-bond acceptors (Lipinski definition) is 2. The Morgan fingerprint density at radius 1 is 1.43 bits per heavy atom. The maximum atomic E-state index is 12.1. The number of nitrogens with two attached hydrogens (primary N) is 1. The molecule has 3 nitrogen and oxygen atoms in total. The second-order valence-corrected chi connectivity index (χ2v) is 3.48. The van der Waals surface area contributed by atoms with Crippen molar-refractivity contribution in [1.82, 2.24) is 10.2 Å². The van der Waals surface area contributed by atoms with Crippen molar-refractivity contribution < 1.29 is 13.2 Å². The van der Waals surface area contributed by atoms with Gasteiger partial charge in [0.05, 0.1) is 5.69 Å². The van der Waals surface area contributed by atoms with Crippen LogP contribution in [0, 0.1) is 5.92 Å². The van der Waals surface area contributed by atoms with Crippen LogP contribution in [0.4, 0.5) is 13.2 Å². The van der Waals surface area contributed by atoms with Crippen LogP contribution >= 0.6 is 0 Å². The summed E-state index contributed by atoms with van der Waals surface area (Å²) in [6.45, 7) is 3.66. The molecule has 1 aromatic heterocycles. The molecule has 0 saturated heterocycles. The van der Waals surface area contributed by atoms with Gasteiger partial charge in [0.1, 0.15) is 0 Å². The van der Waals surface area contributed by atoms with Crippen LogP contribution in [0.25, 0.3) is 0 Å². The lowest BCUT2D eigenvalue weighted by molar-refractivity contribution is -0.141. The lowest BCUT2D eigenvalue weighted by Gasteiger charge is -2.12. The molecular weight excluding hydrogens is 195 g/mol. The molecule has 80 valence electrons. The van der Waals surface area contributed by atoms with E-state index in [-0.39, 0.29) is 5.92 Å². The summed E-state index contributed by atoms with van der Waals surface area (Å²) in [7, 11) is 0. The van der Waals surface area contributed by atoms with Crippen LogP contribution in [0.2, 0.25) is 0 Å². The van der Waals surface area contributed by atoms with E-state index in [1.165, 1.54) is 0 Å². The number of aromatic amines is 1. The maximum Gasteiger partial charge on any atom is 0.435 e. The summed E-state index contributed by atoms with van der Waals surface area (Å²) >= 11 is 0. The fraction of sp³-hybridized carbons (Fsp3) is 0.625. The van der Waals surface area contributed by atoms with Gasteiger partial charge in [-0.15, -0.1) is 0 Å². The molecule has 0 spiro atoms. The van der Waals surface area contributed by atoms with Crippen molar-refractivity contribution in [3.8, 4) is 0 Å². The Labute approximate surface area is 79.5 Å². The molecule has 0 saturated carbocycles. The van der Waals surface area contributed by atoms with Crippen molar-refractivity contribution in [1.29, 1.82) is 0 Å². The van der Waals surface area contributed by atoms with Gasteiger partial charge in [0.15, 0.2) is 5.69 Å². The molecule has 0 aliphatic heterocycles. The van der Waals surface area contributed by atoms with Gasteiger partial charge in [0.25, 0.3) is 0 Å². The van der Waals surface area contributed by atoms with Gasteiger partial charge in [-0.1, -0.05) is 13.8 Å². The van der Waals surface area contributed by atoms with Crippen molar-refractivity contribution in [2.45, 2.75) is 26.1 Å². The van der Waals surface area contributed by atoms with E-state index >= 15 is 0 Å². The maximum absolute atomic E-state index is 12.1. The Hall–Kier alpha value is -1.04. The zero-order chi connectivity index (χ0) is 10.9. The molecule has 0 fully saturated rings. The molecule has 1 heterocycles. The Balaban J connectivity index is 2.89. The monoisotopic (exact) mass is 207 g/mol. The second kappa shape index (κ2) is 3.61. The van der Waals surface area contributed by atoms with Crippen LogP contribution in [0.5, 0.6) is 0 Å². The molecule has 0 amide bonds. The van der Waals surface area contributed by atoms with E-state index in [0.29, 0.717) is 5.69 Å². The Morgan fingerprint density at radius 3 is 2.36 bits per heavy atom. The van der Waals surface area contributed by atoms with Gasteiger partial charge in [-0.3, -0.25) is 5.10 Å². The highest BCUT2D eigenvalue weighted by atomic mass is 19.4. The van der Waals surface area contributed by atoms with E-state index in [1.54, 1.807) is 0 Å². The standard InChI is InChI=1S/C8H12F3N3/c1-4(2)7(12)5-3-6(14-13-5)8(9,10)11/h3-4,7H,12H2,1-2H3,(H,13,14). The highest BCUT2D eigenvalue weighted by Gasteiger charge is 2.34. The highest BCUT2D eigenvalue weighted by molar-refractivity contribution is 5.14. The van der Waals surface area contributed by atoms with Crippen molar-refractivity contribution in [2.75, 3.05) is 0 Å². The Bertz CT molecular complexity index is 303. The summed E-state index contributed by atoms with van der Waals surface area (Å²) in [5, 5.41) is 5.46. The lowest BCUT2D eigenvalue weighted by atomic mass is 10.0.